The first-order valence-electron chi connectivity index (χ1n) is 10.2. The van der Waals surface area contributed by atoms with Gasteiger partial charge < -0.3 is 4.42 Å². The van der Waals surface area contributed by atoms with Crippen LogP contribution in [0.2, 0.25) is 0 Å². The molecule has 4 amide bonds. The molecule has 8 nitrogen and oxygen atoms in total. The van der Waals surface area contributed by atoms with Gasteiger partial charge in [0, 0.05) is 12.1 Å². The summed E-state index contributed by atoms with van der Waals surface area (Å²) in [6.07, 6.45) is 2.04. The molecule has 0 radical (unpaired) electrons. The van der Waals surface area contributed by atoms with Gasteiger partial charge in [-0.2, -0.15) is 5.10 Å². The van der Waals surface area contributed by atoms with Gasteiger partial charge in [-0.05, 0) is 42.6 Å². The Kier molecular flexibility index (Phi) is 5.10. The molecule has 0 aliphatic carbocycles. The second-order valence-electron chi connectivity index (χ2n) is 7.59. The number of hydrazone groups is 1. The summed E-state index contributed by atoms with van der Waals surface area (Å²) in [6, 6.07) is 14.8. The van der Waals surface area contributed by atoms with Crippen LogP contribution in [0, 0.1) is 0 Å². The van der Waals surface area contributed by atoms with E-state index < -0.39 is 29.9 Å². The summed E-state index contributed by atoms with van der Waals surface area (Å²) in [6.45, 7) is 1.27. The molecule has 0 unspecified atom stereocenters. The topological polar surface area (TPSA) is 86.4 Å². The normalized spacial score (nSPS) is 20.9. The van der Waals surface area contributed by atoms with Gasteiger partial charge in [-0.1, -0.05) is 24.3 Å². The zero-order valence-electron chi connectivity index (χ0n) is 17.2. The monoisotopic (exact) mass is 448 g/mol. The van der Waals surface area contributed by atoms with E-state index in [4.69, 9.17) is 4.42 Å². The van der Waals surface area contributed by atoms with E-state index in [1.165, 1.54) is 9.91 Å². The Hall–Kier alpha value is -3.72. The summed E-state index contributed by atoms with van der Waals surface area (Å²) in [5.74, 6) is -0.253. The third kappa shape index (κ3) is 3.40. The van der Waals surface area contributed by atoms with Crippen LogP contribution in [0.4, 0.5) is 10.5 Å². The SMILES string of the molecule is C[C@@H]1C(=O)N(CC(=O)N2N=C(c3cccs3)C[C@@H]2c2ccco2)C(=O)N1c1ccccc1. The Morgan fingerprint density at radius 2 is 1.94 bits per heavy atom. The Labute approximate surface area is 188 Å². The van der Waals surface area contributed by atoms with E-state index in [2.05, 4.69) is 5.10 Å². The quantitative estimate of drug-likeness (QED) is 0.555. The second-order valence-corrected chi connectivity index (χ2v) is 8.53. The summed E-state index contributed by atoms with van der Waals surface area (Å²) in [5, 5.41) is 7.83. The lowest BCUT2D eigenvalue weighted by atomic mass is 10.1. The van der Waals surface area contributed by atoms with Crippen molar-refractivity contribution in [2.45, 2.75) is 25.4 Å². The van der Waals surface area contributed by atoms with Crippen LogP contribution in [0.3, 0.4) is 0 Å². The number of imide groups is 1. The Morgan fingerprint density at radius 3 is 2.62 bits per heavy atom. The van der Waals surface area contributed by atoms with Crippen molar-refractivity contribution in [1.82, 2.24) is 9.91 Å². The minimum atomic E-state index is -0.692. The van der Waals surface area contributed by atoms with E-state index in [1.807, 2.05) is 23.6 Å². The molecule has 2 aliphatic heterocycles. The van der Waals surface area contributed by atoms with Crippen molar-refractivity contribution in [3.8, 4) is 0 Å². The summed E-state index contributed by atoms with van der Waals surface area (Å²) in [4.78, 5) is 42.5. The van der Waals surface area contributed by atoms with Gasteiger partial charge in [0.2, 0.25) is 0 Å². The van der Waals surface area contributed by atoms with Gasteiger partial charge in [0.15, 0.2) is 0 Å². The van der Waals surface area contributed by atoms with Crippen LogP contribution in [0.25, 0.3) is 0 Å². The summed E-state index contributed by atoms with van der Waals surface area (Å²) in [5.41, 5.74) is 1.38. The van der Waals surface area contributed by atoms with E-state index in [1.54, 1.807) is 60.9 Å². The third-order valence-electron chi connectivity index (χ3n) is 5.62. The number of anilines is 1. The van der Waals surface area contributed by atoms with Gasteiger partial charge in [0.05, 0.1) is 16.9 Å². The van der Waals surface area contributed by atoms with Gasteiger partial charge in [-0.3, -0.25) is 19.4 Å². The molecule has 5 rings (SSSR count). The van der Waals surface area contributed by atoms with Crippen LogP contribution in [0.15, 0.2) is 75.8 Å². The Bertz CT molecular complexity index is 1170. The average molecular weight is 449 g/mol. The fourth-order valence-corrected chi connectivity index (χ4v) is 4.76. The number of hydrogen-bond acceptors (Lipinski definition) is 6. The highest BCUT2D eigenvalue weighted by Crippen LogP contribution is 2.34. The maximum atomic E-state index is 13.3. The lowest BCUT2D eigenvalue weighted by Crippen LogP contribution is -2.42. The fraction of sp³-hybridized carbons (Fsp3) is 0.217. The van der Waals surface area contributed by atoms with Crippen molar-refractivity contribution in [1.29, 1.82) is 0 Å². The molecule has 0 spiro atoms. The molecule has 0 bridgehead atoms. The maximum absolute atomic E-state index is 13.3. The van der Waals surface area contributed by atoms with Crippen molar-refractivity contribution in [2.75, 3.05) is 11.4 Å². The number of hydrogen-bond donors (Lipinski definition) is 0. The fourth-order valence-electron chi connectivity index (χ4n) is 4.04. The zero-order chi connectivity index (χ0) is 22.2. The van der Waals surface area contributed by atoms with Gasteiger partial charge in [0.25, 0.3) is 11.8 Å². The van der Waals surface area contributed by atoms with E-state index >= 15 is 0 Å². The first-order chi connectivity index (χ1) is 15.5. The molecule has 162 valence electrons. The molecule has 0 saturated carbocycles. The molecule has 4 heterocycles. The number of amides is 4. The van der Waals surface area contributed by atoms with Crippen molar-refractivity contribution >= 4 is 40.6 Å². The number of thiophene rings is 1. The molecule has 1 aromatic carbocycles. The third-order valence-corrected chi connectivity index (χ3v) is 6.54. The van der Waals surface area contributed by atoms with Crippen molar-refractivity contribution in [3.05, 3.63) is 76.9 Å². The lowest BCUT2D eigenvalue weighted by Gasteiger charge is -2.22. The molecule has 1 fully saturated rings. The van der Waals surface area contributed by atoms with Gasteiger partial charge in [-0.15, -0.1) is 11.3 Å². The first-order valence-corrected chi connectivity index (χ1v) is 11.1. The predicted molar refractivity (Wildman–Crippen MR) is 119 cm³/mol. The van der Waals surface area contributed by atoms with E-state index in [-0.39, 0.29) is 6.54 Å². The molecular weight excluding hydrogens is 428 g/mol. The number of rotatable bonds is 5. The van der Waals surface area contributed by atoms with Gasteiger partial charge >= 0.3 is 6.03 Å². The first kappa shape index (κ1) is 20.2. The second kappa shape index (κ2) is 8.08. The molecular formula is C23H20N4O4S. The highest BCUT2D eigenvalue weighted by Gasteiger charge is 2.45. The molecule has 0 N–H and O–H groups in total. The minimum Gasteiger partial charge on any atom is -0.467 e. The summed E-state index contributed by atoms with van der Waals surface area (Å²) < 4.78 is 5.55. The number of carbonyl (C=O) groups is 3. The molecule has 3 aromatic rings. The van der Waals surface area contributed by atoms with Crippen LogP contribution in [-0.4, -0.2) is 46.1 Å². The van der Waals surface area contributed by atoms with Crippen LogP contribution in [0.1, 0.15) is 30.0 Å². The summed E-state index contributed by atoms with van der Waals surface area (Å²) in [7, 11) is 0. The van der Waals surface area contributed by atoms with Crippen LogP contribution >= 0.6 is 11.3 Å². The Balaban J connectivity index is 1.40. The van der Waals surface area contributed by atoms with Gasteiger partial charge in [-0.25, -0.2) is 9.80 Å². The van der Waals surface area contributed by atoms with Crippen molar-refractivity contribution in [3.63, 3.8) is 0 Å². The molecule has 9 heteroatoms. The smallest absolute Gasteiger partial charge is 0.332 e. The largest absolute Gasteiger partial charge is 0.467 e. The molecule has 2 aliphatic rings. The zero-order valence-corrected chi connectivity index (χ0v) is 18.1. The average Bonchev–Trinajstić information content (AvgIpc) is 3.59. The summed E-state index contributed by atoms with van der Waals surface area (Å²) >= 11 is 1.54. The van der Waals surface area contributed by atoms with Crippen LogP contribution < -0.4 is 4.90 Å². The van der Waals surface area contributed by atoms with Crippen LogP contribution in [-0.2, 0) is 9.59 Å². The molecule has 2 aromatic heterocycles. The number of urea groups is 1. The number of furan rings is 1. The van der Waals surface area contributed by atoms with E-state index in [0.717, 1.165) is 15.5 Å². The van der Waals surface area contributed by atoms with Crippen LogP contribution in [0.5, 0.6) is 0 Å². The number of para-hydroxylation sites is 1. The molecule has 32 heavy (non-hydrogen) atoms. The van der Waals surface area contributed by atoms with E-state index in [9.17, 15) is 14.4 Å². The van der Waals surface area contributed by atoms with Gasteiger partial charge in [0.1, 0.15) is 24.4 Å². The molecule has 1 saturated heterocycles. The molecule has 2 atom stereocenters. The number of benzene rings is 1. The highest BCUT2D eigenvalue weighted by molar-refractivity contribution is 7.12. The predicted octanol–water partition coefficient (Wildman–Crippen LogP) is 3.88. The number of nitrogens with zero attached hydrogens (tertiary/aromatic N) is 4. The minimum absolute atomic E-state index is 0.385. The van der Waals surface area contributed by atoms with E-state index in [0.29, 0.717) is 17.9 Å². The number of carbonyl (C=O) groups excluding carboxylic acids is 3. The van der Waals surface area contributed by atoms with Crippen molar-refractivity contribution in [2.24, 2.45) is 5.10 Å². The van der Waals surface area contributed by atoms with Crippen molar-refractivity contribution < 1.29 is 18.8 Å². The standard InChI is InChI=1S/C23H20N4O4S/c1-15-22(29)25(23(30)26(15)16-7-3-2-4-8-16)14-21(28)27-18(19-9-5-11-31-19)13-17(24-27)20-10-6-12-32-20/h2-12,15,18H,13-14H2,1H3/t15-,18-/m1/s1. The Morgan fingerprint density at radius 1 is 1.12 bits per heavy atom. The maximum Gasteiger partial charge on any atom is 0.332 e. The highest BCUT2D eigenvalue weighted by atomic mass is 32.1. The lowest BCUT2D eigenvalue weighted by molar-refractivity contribution is -0.138.